The number of nitrogens with zero attached hydrogens (tertiary/aromatic N) is 2. The molecule has 0 saturated carbocycles. The lowest BCUT2D eigenvalue weighted by Gasteiger charge is -2.36. The highest BCUT2D eigenvalue weighted by atomic mass is 35.5. The van der Waals surface area contributed by atoms with Crippen molar-refractivity contribution in [2.75, 3.05) is 17.3 Å². The normalized spacial score (nSPS) is 25.0. The zero-order valence-corrected chi connectivity index (χ0v) is 11.7. The van der Waals surface area contributed by atoms with Gasteiger partial charge in [-0.15, -0.1) is 22.9 Å². The Labute approximate surface area is 111 Å². The van der Waals surface area contributed by atoms with Crippen molar-refractivity contribution in [1.29, 1.82) is 0 Å². The Kier molecular flexibility index (Phi) is 4.05. The number of halogens is 1. The highest BCUT2D eigenvalue weighted by molar-refractivity contribution is 7.14. The molecule has 1 aliphatic rings. The number of alkyl halides is 1. The van der Waals surface area contributed by atoms with E-state index in [1.165, 1.54) is 12.8 Å². The van der Waals surface area contributed by atoms with Gasteiger partial charge in [-0.2, -0.15) is 0 Å². The fraction of sp³-hybridized carbons (Fsp3) is 0.667. The zero-order chi connectivity index (χ0) is 12.4. The first-order valence-electron chi connectivity index (χ1n) is 5.93. The van der Waals surface area contributed by atoms with Gasteiger partial charge in [0.05, 0.1) is 5.88 Å². The van der Waals surface area contributed by atoms with Crippen LogP contribution in [0.1, 0.15) is 37.2 Å². The summed E-state index contributed by atoms with van der Waals surface area (Å²) < 4.78 is 0. The van der Waals surface area contributed by atoms with E-state index >= 15 is 0 Å². The Morgan fingerprint density at radius 2 is 2.41 bits per heavy atom. The molecular weight excluding hydrogens is 256 g/mol. The molecule has 1 aromatic heterocycles. The van der Waals surface area contributed by atoms with Crippen molar-refractivity contribution in [3.05, 3.63) is 11.1 Å². The van der Waals surface area contributed by atoms with Gasteiger partial charge in [0.2, 0.25) is 0 Å². The van der Waals surface area contributed by atoms with Crippen LogP contribution in [0.15, 0.2) is 5.38 Å². The molecule has 17 heavy (non-hydrogen) atoms. The van der Waals surface area contributed by atoms with Crippen LogP contribution in [0.2, 0.25) is 0 Å². The molecular formula is C12H17ClN2OS. The average molecular weight is 273 g/mol. The summed E-state index contributed by atoms with van der Waals surface area (Å²) in [6, 6.07) is 0.504. The summed E-state index contributed by atoms with van der Waals surface area (Å²) in [7, 11) is 0. The number of piperidine rings is 1. The standard InChI is InChI=1S/C12H17ClN2OS/c1-8-3-4-15(9(2)5-8)12-14-10(7-17-12)11(16)6-13/h7-9H,3-6H2,1-2H3. The molecule has 0 aromatic carbocycles. The van der Waals surface area contributed by atoms with Crippen molar-refractivity contribution in [2.24, 2.45) is 5.92 Å². The van der Waals surface area contributed by atoms with Crippen LogP contribution in [-0.2, 0) is 0 Å². The molecule has 1 saturated heterocycles. The summed E-state index contributed by atoms with van der Waals surface area (Å²) in [6.07, 6.45) is 2.39. The second-order valence-electron chi connectivity index (χ2n) is 4.74. The van der Waals surface area contributed by atoms with E-state index in [9.17, 15) is 4.79 Å². The van der Waals surface area contributed by atoms with Crippen LogP contribution < -0.4 is 4.90 Å². The zero-order valence-electron chi connectivity index (χ0n) is 10.1. The number of aromatic nitrogens is 1. The topological polar surface area (TPSA) is 33.2 Å². The number of ketones is 1. The number of carbonyl (C=O) groups is 1. The number of anilines is 1. The number of thiazole rings is 1. The summed E-state index contributed by atoms with van der Waals surface area (Å²) in [4.78, 5) is 18.1. The molecule has 2 atom stereocenters. The van der Waals surface area contributed by atoms with E-state index in [1.54, 1.807) is 11.3 Å². The fourth-order valence-corrected chi connectivity index (χ4v) is 3.38. The second kappa shape index (κ2) is 5.36. The lowest BCUT2D eigenvalue weighted by molar-refractivity contribution is 0.101. The van der Waals surface area contributed by atoms with Crippen LogP contribution in [0.25, 0.3) is 0 Å². The molecule has 94 valence electrons. The molecule has 0 radical (unpaired) electrons. The van der Waals surface area contributed by atoms with Gasteiger partial charge in [0, 0.05) is 18.0 Å². The van der Waals surface area contributed by atoms with Gasteiger partial charge in [-0.25, -0.2) is 4.98 Å². The molecule has 3 nitrogen and oxygen atoms in total. The average Bonchev–Trinajstić information content (AvgIpc) is 2.77. The van der Waals surface area contributed by atoms with Gasteiger partial charge >= 0.3 is 0 Å². The first-order valence-corrected chi connectivity index (χ1v) is 7.34. The minimum absolute atomic E-state index is 0.00968. The van der Waals surface area contributed by atoms with E-state index in [0.717, 1.165) is 17.6 Å². The summed E-state index contributed by atoms with van der Waals surface area (Å²) >= 11 is 7.07. The maximum atomic E-state index is 11.4. The predicted molar refractivity (Wildman–Crippen MR) is 72.4 cm³/mol. The van der Waals surface area contributed by atoms with Crippen molar-refractivity contribution >= 4 is 33.9 Å². The van der Waals surface area contributed by atoms with E-state index in [2.05, 4.69) is 23.7 Å². The maximum absolute atomic E-state index is 11.4. The molecule has 5 heteroatoms. The van der Waals surface area contributed by atoms with Crippen LogP contribution >= 0.6 is 22.9 Å². The summed E-state index contributed by atoms with van der Waals surface area (Å²) in [5, 5.41) is 2.77. The van der Waals surface area contributed by atoms with Gasteiger partial charge in [-0.3, -0.25) is 4.79 Å². The molecule has 0 bridgehead atoms. The van der Waals surface area contributed by atoms with Crippen molar-refractivity contribution in [2.45, 2.75) is 32.7 Å². The molecule has 1 aromatic rings. The Balaban J connectivity index is 2.12. The van der Waals surface area contributed by atoms with E-state index < -0.39 is 0 Å². The third kappa shape index (κ3) is 2.80. The highest BCUT2D eigenvalue weighted by Crippen LogP contribution is 2.30. The van der Waals surface area contributed by atoms with Crippen LogP contribution in [0, 0.1) is 5.92 Å². The Bertz CT molecular complexity index is 407. The molecule has 2 rings (SSSR count). The second-order valence-corrected chi connectivity index (χ2v) is 5.85. The largest absolute Gasteiger partial charge is 0.345 e. The van der Waals surface area contributed by atoms with E-state index in [4.69, 9.17) is 11.6 Å². The van der Waals surface area contributed by atoms with E-state index in [1.807, 2.05) is 5.38 Å². The summed E-state index contributed by atoms with van der Waals surface area (Å²) in [5.41, 5.74) is 0.505. The Morgan fingerprint density at radius 1 is 1.65 bits per heavy atom. The van der Waals surface area contributed by atoms with Crippen LogP contribution in [0.3, 0.4) is 0 Å². The predicted octanol–water partition coefficient (Wildman–Crippen LogP) is 3.19. The lowest BCUT2D eigenvalue weighted by Crippen LogP contribution is -2.40. The minimum Gasteiger partial charge on any atom is -0.345 e. The van der Waals surface area contributed by atoms with Crippen LogP contribution in [0.5, 0.6) is 0 Å². The van der Waals surface area contributed by atoms with Crippen molar-refractivity contribution < 1.29 is 4.79 Å². The first kappa shape index (κ1) is 12.8. The quantitative estimate of drug-likeness (QED) is 0.626. The number of hydrogen-bond acceptors (Lipinski definition) is 4. The molecule has 0 aliphatic carbocycles. The van der Waals surface area contributed by atoms with Gasteiger partial charge in [0.15, 0.2) is 10.9 Å². The number of Topliss-reactive ketones (excluding diaryl/α,β-unsaturated/α-hetero) is 1. The van der Waals surface area contributed by atoms with Gasteiger partial charge in [0.25, 0.3) is 0 Å². The van der Waals surface area contributed by atoms with Gasteiger partial charge in [-0.1, -0.05) is 6.92 Å². The molecule has 2 unspecified atom stereocenters. The molecule has 0 spiro atoms. The third-order valence-corrected chi connectivity index (χ3v) is 4.40. The smallest absolute Gasteiger partial charge is 0.196 e. The molecule has 0 N–H and O–H groups in total. The van der Waals surface area contributed by atoms with E-state index in [-0.39, 0.29) is 11.7 Å². The molecule has 0 amide bonds. The number of hydrogen-bond donors (Lipinski definition) is 0. The molecule has 1 aliphatic heterocycles. The lowest BCUT2D eigenvalue weighted by atomic mass is 9.94. The van der Waals surface area contributed by atoms with Crippen molar-refractivity contribution in [1.82, 2.24) is 4.98 Å². The summed E-state index contributed by atoms with van der Waals surface area (Å²) in [6.45, 7) is 5.54. The monoisotopic (exact) mass is 272 g/mol. The van der Waals surface area contributed by atoms with Gasteiger partial charge < -0.3 is 4.90 Å². The third-order valence-electron chi connectivity index (χ3n) is 3.28. The van der Waals surface area contributed by atoms with Crippen LogP contribution in [-0.4, -0.2) is 29.2 Å². The van der Waals surface area contributed by atoms with Gasteiger partial charge in [0.1, 0.15) is 5.69 Å². The maximum Gasteiger partial charge on any atom is 0.196 e. The van der Waals surface area contributed by atoms with Crippen molar-refractivity contribution in [3.63, 3.8) is 0 Å². The van der Waals surface area contributed by atoms with E-state index in [0.29, 0.717) is 11.7 Å². The van der Waals surface area contributed by atoms with Crippen molar-refractivity contribution in [3.8, 4) is 0 Å². The molecule has 2 heterocycles. The number of carbonyl (C=O) groups excluding carboxylic acids is 1. The first-order chi connectivity index (χ1) is 8.11. The number of rotatable bonds is 3. The van der Waals surface area contributed by atoms with Gasteiger partial charge in [-0.05, 0) is 25.7 Å². The van der Waals surface area contributed by atoms with Crippen LogP contribution in [0.4, 0.5) is 5.13 Å². The molecule has 1 fully saturated rings. The Morgan fingerprint density at radius 3 is 3.06 bits per heavy atom. The highest BCUT2D eigenvalue weighted by Gasteiger charge is 2.25. The summed E-state index contributed by atoms with van der Waals surface area (Å²) in [5.74, 6) is 0.702. The SMILES string of the molecule is CC1CCN(c2nc(C(=O)CCl)cs2)C(C)C1. The minimum atomic E-state index is -0.0906. The fourth-order valence-electron chi connectivity index (χ4n) is 2.28. The Hall–Kier alpha value is -0.610.